The van der Waals surface area contributed by atoms with Gasteiger partial charge in [0, 0.05) is 28.5 Å². The summed E-state index contributed by atoms with van der Waals surface area (Å²) in [5, 5.41) is 5.77. The lowest BCUT2D eigenvalue weighted by Gasteiger charge is -2.18. The summed E-state index contributed by atoms with van der Waals surface area (Å²) < 4.78 is 6.48. The number of nitrogens with zero attached hydrogens (tertiary/aromatic N) is 1. The van der Waals surface area contributed by atoms with Crippen LogP contribution in [0.3, 0.4) is 0 Å². The molecule has 2 amide bonds. The van der Waals surface area contributed by atoms with Gasteiger partial charge in [-0.1, -0.05) is 34.1 Å². The molecule has 170 valence electrons. The van der Waals surface area contributed by atoms with E-state index in [0.717, 1.165) is 10.2 Å². The zero-order valence-electron chi connectivity index (χ0n) is 18.5. The van der Waals surface area contributed by atoms with E-state index in [0.29, 0.717) is 22.6 Å². The lowest BCUT2D eigenvalue weighted by atomic mass is 10.1. The van der Waals surface area contributed by atoms with Gasteiger partial charge in [-0.2, -0.15) is 0 Å². The van der Waals surface area contributed by atoms with E-state index in [1.807, 2.05) is 50.2 Å². The van der Waals surface area contributed by atoms with Crippen LogP contribution in [0.2, 0.25) is 0 Å². The third-order valence-electron chi connectivity index (χ3n) is 4.61. The number of para-hydroxylation sites is 1. The zero-order valence-corrected chi connectivity index (χ0v) is 20.9. The number of halogens is 1. The van der Waals surface area contributed by atoms with E-state index >= 15 is 0 Å². The highest BCUT2D eigenvalue weighted by Crippen LogP contribution is 2.24. The highest BCUT2D eigenvalue weighted by atomic mass is 79.9. The first kappa shape index (κ1) is 24.4. The number of anilines is 2. The summed E-state index contributed by atoms with van der Waals surface area (Å²) in [4.78, 5) is 27.1. The molecule has 0 spiro atoms. The van der Waals surface area contributed by atoms with Gasteiger partial charge in [0.15, 0.2) is 5.11 Å². The van der Waals surface area contributed by atoms with Crippen molar-refractivity contribution in [3.05, 3.63) is 88.4 Å². The maximum absolute atomic E-state index is 12.8. The van der Waals surface area contributed by atoms with Gasteiger partial charge in [0.2, 0.25) is 0 Å². The van der Waals surface area contributed by atoms with Crippen LogP contribution in [0.1, 0.15) is 34.6 Å². The zero-order chi connectivity index (χ0) is 24.0. The molecular formula is C25H24BrN3O3S. The molecule has 2 N–H and O–H groups in total. The normalized spacial score (nSPS) is 10.5. The minimum Gasteiger partial charge on any atom is -0.490 e. The molecule has 0 saturated heterocycles. The number of amides is 2. The third kappa shape index (κ3) is 6.63. The van der Waals surface area contributed by atoms with Gasteiger partial charge in [0.05, 0.1) is 11.7 Å². The Kier molecular flexibility index (Phi) is 8.19. The fourth-order valence-electron chi connectivity index (χ4n) is 3.03. The van der Waals surface area contributed by atoms with E-state index in [9.17, 15) is 9.59 Å². The highest BCUT2D eigenvalue weighted by molar-refractivity contribution is 9.10. The fourth-order valence-corrected chi connectivity index (χ4v) is 3.60. The Labute approximate surface area is 207 Å². The Hall–Kier alpha value is -3.23. The van der Waals surface area contributed by atoms with Gasteiger partial charge in [0.1, 0.15) is 5.75 Å². The molecule has 6 nitrogen and oxygen atoms in total. The molecule has 0 aromatic heterocycles. The van der Waals surface area contributed by atoms with Gasteiger partial charge < -0.3 is 15.0 Å². The van der Waals surface area contributed by atoms with Crippen LogP contribution in [-0.2, 0) is 0 Å². The Morgan fingerprint density at radius 1 is 1.00 bits per heavy atom. The van der Waals surface area contributed by atoms with Crippen molar-refractivity contribution in [2.75, 3.05) is 17.3 Å². The first-order chi connectivity index (χ1) is 15.7. The molecule has 3 rings (SSSR count). The molecule has 33 heavy (non-hydrogen) atoms. The third-order valence-corrected chi connectivity index (χ3v) is 5.31. The summed E-state index contributed by atoms with van der Waals surface area (Å²) in [6, 6.07) is 21.5. The van der Waals surface area contributed by atoms with Gasteiger partial charge in [0.25, 0.3) is 11.8 Å². The van der Waals surface area contributed by atoms with Crippen molar-refractivity contribution in [3.8, 4) is 5.75 Å². The topological polar surface area (TPSA) is 70.7 Å². The van der Waals surface area contributed by atoms with Crippen LogP contribution in [-0.4, -0.2) is 30.1 Å². The summed E-state index contributed by atoms with van der Waals surface area (Å²) >= 11 is 8.67. The molecule has 0 bridgehead atoms. The number of hydrogen-bond donors (Lipinski definition) is 2. The number of thiocarbonyl (C=S) groups is 1. The van der Waals surface area contributed by atoms with Crippen LogP contribution in [0.4, 0.5) is 11.4 Å². The van der Waals surface area contributed by atoms with E-state index in [4.69, 9.17) is 17.0 Å². The van der Waals surface area contributed by atoms with Crippen molar-refractivity contribution < 1.29 is 14.3 Å². The molecule has 0 heterocycles. The minimum absolute atomic E-state index is 0.0787. The van der Waals surface area contributed by atoms with Crippen LogP contribution >= 0.6 is 28.1 Å². The first-order valence-corrected chi connectivity index (χ1v) is 11.5. The van der Waals surface area contributed by atoms with Crippen LogP contribution in [0, 0.1) is 0 Å². The molecule has 8 heteroatoms. The van der Waals surface area contributed by atoms with E-state index in [1.165, 1.54) is 0 Å². The average Bonchev–Trinajstić information content (AvgIpc) is 2.80. The fraction of sp³-hybridized carbons (Fsp3) is 0.160. The first-order valence-electron chi connectivity index (χ1n) is 10.3. The van der Waals surface area contributed by atoms with Crippen molar-refractivity contribution in [2.45, 2.75) is 20.0 Å². The minimum atomic E-state index is -0.388. The predicted molar refractivity (Wildman–Crippen MR) is 139 cm³/mol. The molecule has 3 aromatic carbocycles. The van der Waals surface area contributed by atoms with Gasteiger partial charge in [-0.15, -0.1) is 0 Å². The molecular weight excluding hydrogens is 502 g/mol. The largest absolute Gasteiger partial charge is 0.490 e. The maximum atomic E-state index is 12.8. The summed E-state index contributed by atoms with van der Waals surface area (Å²) in [5.41, 5.74) is 2.35. The number of carbonyl (C=O) groups is 2. The predicted octanol–water partition coefficient (Wildman–Crippen LogP) is 5.64. The molecule has 0 saturated carbocycles. The van der Waals surface area contributed by atoms with Crippen LogP contribution in [0.5, 0.6) is 5.75 Å². The van der Waals surface area contributed by atoms with Crippen molar-refractivity contribution in [2.24, 2.45) is 0 Å². The Morgan fingerprint density at radius 2 is 1.67 bits per heavy atom. The summed E-state index contributed by atoms with van der Waals surface area (Å²) in [5.74, 6) is -0.0457. The summed E-state index contributed by atoms with van der Waals surface area (Å²) in [6.07, 6.45) is -0.0787. The smallest absolute Gasteiger partial charge is 0.261 e. The SMILES string of the molecule is CC(C)Oc1ccc(Br)cc1C(=O)NC(=S)Nc1ccc(C(=O)N(C)c2ccccc2)cc1. The van der Waals surface area contributed by atoms with Gasteiger partial charge in [-0.3, -0.25) is 14.9 Å². The standard InChI is InChI=1S/C25H24BrN3O3S/c1-16(2)32-22-14-11-18(26)15-21(22)23(30)28-25(33)27-19-12-9-17(10-13-19)24(31)29(3)20-7-5-4-6-8-20/h4-16H,1-3H3,(H2,27,28,30,33). The monoisotopic (exact) mass is 525 g/mol. The molecule has 0 aliphatic heterocycles. The second-order valence-corrected chi connectivity index (χ2v) is 8.82. The van der Waals surface area contributed by atoms with Gasteiger partial charge in [-0.25, -0.2) is 0 Å². The Morgan fingerprint density at radius 3 is 2.30 bits per heavy atom. The van der Waals surface area contributed by atoms with Crippen molar-refractivity contribution in [1.82, 2.24) is 5.32 Å². The number of rotatable bonds is 6. The van der Waals surface area contributed by atoms with E-state index in [2.05, 4.69) is 26.6 Å². The lowest BCUT2D eigenvalue weighted by Crippen LogP contribution is -2.34. The molecule has 0 atom stereocenters. The molecule has 0 unspecified atom stereocenters. The molecule has 0 aliphatic carbocycles. The average molecular weight is 526 g/mol. The molecule has 3 aromatic rings. The highest BCUT2D eigenvalue weighted by Gasteiger charge is 2.16. The summed E-state index contributed by atoms with van der Waals surface area (Å²) in [7, 11) is 1.73. The van der Waals surface area contributed by atoms with Crippen LogP contribution in [0.15, 0.2) is 77.3 Å². The van der Waals surface area contributed by atoms with Gasteiger partial charge in [-0.05, 0) is 80.7 Å². The van der Waals surface area contributed by atoms with Crippen LogP contribution in [0.25, 0.3) is 0 Å². The van der Waals surface area contributed by atoms with E-state index < -0.39 is 0 Å². The molecule has 0 fully saturated rings. The molecule has 0 aliphatic rings. The van der Waals surface area contributed by atoms with Crippen LogP contribution < -0.4 is 20.3 Å². The quantitative estimate of drug-likeness (QED) is 0.407. The van der Waals surface area contributed by atoms with Gasteiger partial charge >= 0.3 is 0 Å². The second-order valence-electron chi connectivity index (χ2n) is 7.49. The Bertz CT molecular complexity index is 1150. The second kappa shape index (κ2) is 11.1. The number of hydrogen-bond acceptors (Lipinski definition) is 4. The summed E-state index contributed by atoms with van der Waals surface area (Å²) in [6.45, 7) is 3.78. The van der Waals surface area contributed by atoms with E-state index in [-0.39, 0.29) is 23.0 Å². The molecule has 0 radical (unpaired) electrons. The van der Waals surface area contributed by atoms with E-state index in [1.54, 1.807) is 48.3 Å². The van der Waals surface area contributed by atoms with Crippen molar-refractivity contribution in [3.63, 3.8) is 0 Å². The van der Waals surface area contributed by atoms with Crippen molar-refractivity contribution in [1.29, 1.82) is 0 Å². The lowest BCUT2D eigenvalue weighted by molar-refractivity contribution is 0.0969. The number of benzene rings is 3. The Balaban J connectivity index is 1.64. The number of nitrogens with one attached hydrogen (secondary N) is 2. The number of carbonyl (C=O) groups excluding carboxylic acids is 2. The maximum Gasteiger partial charge on any atom is 0.261 e. The number of ether oxygens (including phenoxy) is 1. The van der Waals surface area contributed by atoms with Crippen molar-refractivity contribution >= 4 is 56.4 Å².